The van der Waals surface area contributed by atoms with E-state index in [9.17, 15) is 0 Å². The lowest BCUT2D eigenvalue weighted by Crippen LogP contribution is -2.22. The Hall–Kier alpha value is -1.02. The van der Waals surface area contributed by atoms with E-state index in [-0.39, 0.29) is 10.8 Å². The van der Waals surface area contributed by atoms with Crippen molar-refractivity contribution in [2.75, 3.05) is 20.2 Å². The second-order valence-electron chi connectivity index (χ2n) is 8.71. The van der Waals surface area contributed by atoms with Gasteiger partial charge in [0.15, 0.2) is 0 Å². The van der Waals surface area contributed by atoms with Crippen LogP contribution in [0.2, 0.25) is 0 Å². The first-order valence-corrected chi connectivity index (χ1v) is 8.57. The van der Waals surface area contributed by atoms with E-state index in [1.54, 1.807) is 7.11 Å². The lowest BCUT2D eigenvalue weighted by molar-refractivity contribution is 0.329. The topological polar surface area (TPSA) is 12.5 Å². The number of rotatable bonds is 3. The molecule has 0 amide bonds. The van der Waals surface area contributed by atoms with Gasteiger partial charge in [-0.25, -0.2) is 0 Å². The van der Waals surface area contributed by atoms with Gasteiger partial charge in [-0.15, -0.1) is 0 Å². The molecule has 1 aromatic carbocycles. The smallest absolute Gasteiger partial charge is 0.126 e. The SMILES string of the molecule is COc1c(C(C)(C)C)cc(CN2CCCC2)cc1C(C)(C)C. The number of likely N-dealkylation sites (tertiary alicyclic amines) is 1. The zero-order valence-corrected chi connectivity index (χ0v) is 15.5. The van der Waals surface area contributed by atoms with Crippen LogP contribution in [-0.4, -0.2) is 25.1 Å². The quantitative estimate of drug-likeness (QED) is 0.788. The molecule has 2 heteroatoms. The Balaban J connectivity index is 2.51. The number of hydrogen-bond acceptors (Lipinski definition) is 2. The van der Waals surface area contributed by atoms with Crippen LogP contribution in [0.4, 0.5) is 0 Å². The van der Waals surface area contributed by atoms with E-state index in [0.29, 0.717) is 0 Å². The molecule has 2 rings (SSSR count). The van der Waals surface area contributed by atoms with Crippen LogP contribution >= 0.6 is 0 Å². The molecule has 0 radical (unpaired) electrons. The monoisotopic (exact) mass is 303 g/mol. The van der Waals surface area contributed by atoms with Crippen LogP contribution in [0.3, 0.4) is 0 Å². The van der Waals surface area contributed by atoms with Crippen LogP contribution in [0.15, 0.2) is 12.1 Å². The molecule has 1 aromatic rings. The van der Waals surface area contributed by atoms with Gasteiger partial charge in [-0.2, -0.15) is 0 Å². The first kappa shape index (κ1) is 17.3. The number of ether oxygens (including phenoxy) is 1. The fourth-order valence-corrected chi connectivity index (χ4v) is 3.31. The van der Waals surface area contributed by atoms with Gasteiger partial charge in [-0.05, 0) is 42.3 Å². The Kier molecular flexibility index (Phi) is 4.91. The molecule has 1 fully saturated rings. The van der Waals surface area contributed by atoms with Gasteiger partial charge >= 0.3 is 0 Å². The van der Waals surface area contributed by atoms with Crippen molar-refractivity contribution >= 4 is 0 Å². The molecule has 22 heavy (non-hydrogen) atoms. The number of hydrogen-bond donors (Lipinski definition) is 0. The van der Waals surface area contributed by atoms with Crippen molar-refractivity contribution in [3.63, 3.8) is 0 Å². The molecule has 0 unspecified atom stereocenters. The van der Waals surface area contributed by atoms with Crippen molar-refractivity contribution in [3.8, 4) is 5.75 Å². The van der Waals surface area contributed by atoms with Crippen molar-refractivity contribution < 1.29 is 4.74 Å². The summed E-state index contributed by atoms with van der Waals surface area (Å²) in [6.07, 6.45) is 2.68. The van der Waals surface area contributed by atoms with Gasteiger partial charge in [0.2, 0.25) is 0 Å². The average Bonchev–Trinajstić information content (AvgIpc) is 2.88. The minimum atomic E-state index is 0.0896. The number of methoxy groups -OCH3 is 1. The Labute approximate surface area is 136 Å². The maximum Gasteiger partial charge on any atom is 0.126 e. The Morgan fingerprint density at radius 1 is 0.909 bits per heavy atom. The second kappa shape index (κ2) is 6.23. The molecule has 0 saturated carbocycles. The van der Waals surface area contributed by atoms with E-state index >= 15 is 0 Å². The molecule has 0 spiro atoms. The zero-order valence-electron chi connectivity index (χ0n) is 15.5. The van der Waals surface area contributed by atoms with Crippen LogP contribution in [-0.2, 0) is 17.4 Å². The van der Waals surface area contributed by atoms with E-state index in [2.05, 4.69) is 58.6 Å². The van der Waals surface area contributed by atoms with Gasteiger partial charge in [0, 0.05) is 17.7 Å². The fourth-order valence-electron chi connectivity index (χ4n) is 3.31. The summed E-state index contributed by atoms with van der Waals surface area (Å²) in [4.78, 5) is 2.57. The summed E-state index contributed by atoms with van der Waals surface area (Å²) in [6, 6.07) is 4.73. The summed E-state index contributed by atoms with van der Waals surface area (Å²) in [5.41, 5.74) is 4.27. The van der Waals surface area contributed by atoms with Crippen molar-refractivity contribution in [3.05, 3.63) is 28.8 Å². The number of benzene rings is 1. The summed E-state index contributed by atoms with van der Waals surface area (Å²) >= 11 is 0. The normalized spacial score (nSPS) is 17.0. The molecule has 0 aromatic heterocycles. The van der Waals surface area contributed by atoms with E-state index in [4.69, 9.17) is 4.74 Å². The highest BCUT2D eigenvalue weighted by molar-refractivity contribution is 5.50. The number of nitrogens with zero attached hydrogens (tertiary/aromatic N) is 1. The first-order valence-electron chi connectivity index (χ1n) is 8.57. The summed E-state index contributed by atoms with van der Waals surface area (Å²) in [7, 11) is 1.81. The highest BCUT2D eigenvalue weighted by Crippen LogP contribution is 2.40. The maximum absolute atomic E-state index is 5.84. The zero-order chi connectivity index (χ0) is 16.5. The maximum atomic E-state index is 5.84. The molecule has 0 N–H and O–H groups in total. The summed E-state index contributed by atoms with van der Waals surface area (Å²) in [5.74, 6) is 1.07. The lowest BCUT2D eigenvalue weighted by atomic mass is 9.78. The van der Waals surface area contributed by atoms with Crippen molar-refractivity contribution in [1.29, 1.82) is 0 Å². The van der Waals surface area contributed by atoms with Gasteiger partial charge in [-0.3, -0.25) is 4.90 Å². The van der Waals surface area contributed by atoms with Gasteiger partial charge in [0.05, 0.1) is 7.11 Å². The molecular weight excluding hydrogens is 270 g/mol. The van der Waals surface area contributed by atoms with E-state index in [1.165, 1.54) is 42.6 Å². The van der Waals surface area contributed by atoms with Crippen LogP contribution < -0.4 is 4.74 Å². The van der Waals surface area contributed by atoms with Gasteiger partial charge in [-0.1, -0.05) is 53.7 Å². The summed E-state index contributed by atoms with van der Waals surface area (Å²) in [6.45, 7) is 17.2. The van der Waals surface area contributed by atoms with Crippen LogP contribution in [0.25, 0.3) is 0 Å². The lowest BCUT2D eigenvalue weighted by Gasteiger charge is -2.30. The van der Waals surface area contributed by atoms with Crippen LogP contribution in [0.1, 0.15) is 71.1 Å². The minimum absolute atomic E-state index is 0.0896. The third kappa shape index (κ3) is 3.84. The predicted octanol–water partition coefficient (Wildman–Crippen LogP) is 4.89. The molecule has 1 saturated heterocycles. The van der Waals surface area contributed by atoms with E-state index in [1.807, 2.05) is 0 Å². The molecule has 1 aliphatic rings. The molecule has 1 heterocycles. The van der Waals surface area contributed by atoms with Crippen LogP contribution in [0, 0.1) is 0 Å². The highest BCUT2D eigenvalue weighted by Gasteiger charge is 2.27. The minimum Gasteiger partial charge on any atom is -0.496 e. The van der Waals surface area contributed by atoms with Crippen molar-refractivity contribution in [1.82, 2.24) is 4.90 Å². The van der Waals surface area contributed by atoms with Crippen molar-refractivity contribution in [2.45, 2.75) is 71.8 Å². The van der Waals surface area contributed by atoms with Crippen molar-refractivity contribution in [2.24, 2.45) is 0 Å². The fraction of sp³-hybridized carbons (Fsp3) is 0.700. The molecule has 1 aliphatic heterocycles. The summed E-state index contributed by atoms with van der Waals surface area (Å²) in [5, 5.41) is 0. The van der Waals surface area contributed by atoms with Gasteiger partial charge in [0.1, 0.15) is 5.75 Å². The predicted molar refractivity (Wildman–Crippen MR) is 94.9 cm³/mol. The molecule has 2 nitrogen and oxygen atoms in total. The standard InChI is InChI=1S/C20H33NO/c1-19(2,3)16-12-15(14-21-10-8-9-11-21)13-17(18(16)22-7)20(4,5)6/h12-13H,8-11,14H2,1-7H3. The average molecular weight is 303 g/mol. The van der Waals surface area contributed by atoms with E-state index in [0.717, 1.165) is 12.3 Å². The molecule has 0 aliphatic carbocycles. The molecule has 0 atom stereocenters. The van der Waals surface area contributed by atoms with E-state index < -0.39 is 0 Å². The molecule has 0 bridgehead atoms. The Morgan fingerprint density at radius 2 is 1.36 bits per heavy atom. The highest BCUT2D eigenvalue weighted by atomic mass is 16.5. The third-order valence-corrected chi connectivity index (χ3v) is 4.57. The first-order chi connectivity index (χ1) is 10.1. The molecular formula is C20H33NO. The molecule has 124 valence electrons. The third-order valence-electron chi connectivity index (χ3n) is 4.57. The summed E-state index contributed by atoms with van der Waals surface area (Å²) < 4.78 is 5.84. The Morgan fingerprint density at radius 3 is 1.73 bits per heavy atom. The van der Waals surface area contributed by atoms with Gasteiger partial charge < -0.3 is 4.74 Å². The second-order valence-corrected chi connectivity index (χ2v) is 8.71. The largest absolute Gasteiger partial charge is 0.496 e. The van der Waals surface area contributed by atoms with Gasteiger partial charge in [0.25, 0.3) is 0 Å². The van der Waals surface area contributed by atoms with Crippen LogP contribution in [0.5, 0.6) is 5.75 Å². The Bertz CT molecular complexity index is 478.